The highest BCUT2D eigenvalue weighted by atomic mass is 32.2. The van der Waals surface area contributed by atoms with E-state index in [1.54, 1.807) is 35.3 Å². The maximum absolute atomic E-state index is 9.00. The molecule has 2 heterocycles. The van der Waals surface area contributed by atoms with Gasteiger partial charge in [-0.2, -0.15) is 0 Å². The zero-order valence-corrected chi connectivity index (χ0v) is 10.6. The fraction of sp³-hybridized carbons (Fsp3) is 0.500. The van der Waals surface area contributed by atoms with E-state index in [-0.39, 0.29) is 13.2 Å². The van der Waals surface area contributed by atoms with Crippen molar-refractivity contribution in [3.8, 4) is 0 Å². The minimum absolute atomic E-state index is 0.132. The Morgan fingerprint density at radius 1 is 1.36 bits per heavy atom. The fourth-order valence-corrected chi connectivity index (χ4v) is 6.40. The maximum Gasteiger partial charge on any atom is 0.0749 e. The molecular formula is C8H10O2S4. The number of aliphatic hydroxyl groups excluding tert-OH is 2. The molecule has 2 rings (SSSR count). The Balaban J connectivity index is 1.99. The SMILES string of the molecule is OCC1=CS/C(=C2/SCC(CO)S2)S1. The van der Waals surface area contributed by atoms with Crippen molar-refractivity contribution in [3.05, 3.63) is 18.8 Å². The molecule has 0 spiro atoms. The molecule has 1 atom stereocenters. The lowest BCUT2D eigenvalue weighted by Crippen LogP contribution is -2.05. The third-order valence-corrected chi connectivity index (χ3v) is 7.60. The highest BCUT2D eigenvalue weighted by Gasteiger charge is 2.25. The molecule has 0 aromatic rings. The van der Waals surface area contributed by atoms with Crippen LogP contribution in [0.2, 0.25) is 0 Å². The molecule has 0 radical (unpaired) electrons. The van der Waals surface area contributed by atoms with Crippen molar-refractivity contribution >= 4 is 47.0 Å². The molecule has 2 nitrogen and oxygen atoms in total. The van der Waals surface area contributed by atoms with Gasteiger partial charge in [0.05, 0.1) is 21.7 Å². The fourth-order valence-electron chi connectivity index (χ4n) is 1.03. The zero-order valence-electron chi connectivity index (χ0n) is 7.30. The summed E-state index contributed by atoms with van der Waals surface area (Å²) in [6.45, 7) is 0.386. The van der Waals surface area contributed by atoms with Crippen LogP contribution in [0.1, 0.15) is 0 Å². The molecule has 78 valence electrons. The molecule has 0 amide bonds. The lowest BCUT2D eigenvalue weighted by Gasteiger charge is -2.02. The Hall–Kier alpha value is 0.800. The van der Waals surface area contributed by atoms with E-state index in [4.69, 9.17) is 10.2 Å². The molecule has 0 aliphatic carbocycles. The van der Waals surface area contributed by atoms with E-state index in [2.05, 4.69) is 0 Å². The van der Waals surface area contributed by atoms with Crippen molar-refractivity contribution in [3.63, 3.8) is 0 Å². The monoisotopic (exact) mass is 266 g/mol. The Morgan fingerprint density at radius 2 is 2.21 bits per heavy atom. The summed E-state index contributed by atoms with van der Waals surface area (Å²) >= 11 is 6.90. The summed E-state index contributed by atoms with van der Waals surface area (Å²) in [7, 11) is 0. The van der Waals surface area contributed by atoms with E-state index in [0.29, 0.717) is 5.25 Å². The summed E-state index contributed by atoms with van der Waals surface area (Å²) in [6, 6.07) is 0. The van der Waals surface area contributed by atoms with Gasteiger partial charge in [-0.3, -0.25) is 0 Å². The lowest BCUT2D eigenvalue weighted by molar-refractivity contribution is 0.302. The van der Waals surface area contributed by atoms with Crippen LogP contribution in [-0.4, -0.2) is 34.4 Å². The van der Waals surface area contributed by atoms with Gasteiger partial charge >= 0.3 is 0 Å². The lowest BCUT2D eigenvalue weighted by atomic mass is 10.5. The van der Waals surface area contributed by atoms with Crippen molar-refractivity contribution in [1.82, 2.24) is 0 Å². The smallest absolute Gasteiger partial charge is 0.0749 e. The molecule has 1 saturated heterocycles. The van der Waals surface area contributed by atoms with Crippen molar-refractivity contribution in [2.75, 3.05) is 19.0 Å². The van der Waals surface area contributed by atoms with Crippen LogP contribution in [-0.2, 0) is 0 Å². The first kappa shape index (κ1) is 11.3. The largest absolute Gasteiger partial charge is 0.395 e. The first-order valence-corrected chi connectivity index (χ1v) is 7.68. The van der Waals surface area contributed by atoms with Crippen LogP contribution in [0.3, 0.4) is 0 Å². The topological polar surface area (TPSA) is 40.5 Å². The van der Waals surface area contributed by atoms with Crippen LogP contribution in [0.4, 0.5) is 0 Å². The van der Waals surface area contributed by atoms with Gasteiger partial charge in [0.15, 0.2) is 0 Å². The molecular weight excluding hydrogens is 256 g/mol. The highest BCUT2D eigenvalue weighted by molar-refractivity contribution is 8.32. The quantitative estimate of drug-likeness (QED) is 0.799. The second-order valence-corrected chi connectivity index (χ2v) is 7.64. The molecule has 2 N–H and O–H groups in total. The molecule has 0 saturated carbocycles. The molecule has 0 bridgehead atoms. The third kappa shape index (κ3) is 2.48. The van der Waals surface area contributed by atoms with Crippen LogP contribution >= 0.6 is 47.0 Å². The Bertz CT molecular complexity index is 287. The van der Waals surface area contributed by atoms with Crippen molar-refractivity contribution in [2.24, 2.45) is 0 Å². The molecule has 0 aromatic heterocycles. The Labute approximate surface area is 100.0 Å². The number of hydrogen-bond acceptors (Lipinski definition) is 6. The van der Waals surface area contributed by atoms with Crippen LogP contribution in [0.25, 0.3) is 0 Å². The first-order chi connectivity index (χ1) is 6.83. The summed E-state index contributed by atoms with van der Waals surface area (Å²) < 4.78 is 2.57. The van der Waals surface area contributed by atoms with Crippen LogP contribution in [0.5, 0.6) is 0 Å². The molecule has 6 heteroatoms. The summed E-state index contributed by atoms with van der Waals surface area (Å²) in [6.07, 6.45) is 0. The average molecular weight is 266 g/mol. The number of thioether (sulfide) groups is 4. The molecule has 2 aliphatic heterocycles. The molecule has 0 aromatic carbocycles. The van der Waals surface area contributed by atoms with Crippen molar-refractivity contribution in [2.45, 2.75) is 5.25 Å². The van der Waals surface area contributed by atoms with Gasteiger partial charge in [0.1, 0.15) is 0 Å². The summed E-state index contributed by atoms with van der Waals surface area (Å²) in [4.78, 5) is 1.02. The second-order valence-electron chi connectivity index (χ2n) is 2.77. The van der Waals surface area contributed by atoms with E-state index < -0.39 is 0 Å². The van der Waals surface area contributed by atoms with Crippen LogP contribution in [0.15, 0.2) is 18.8 Å². The van der Waals surface area contributed by atoms with Gasteiger partial charge in [0.25, 0.3) is 0 Å². The predicted octanol–water partition coefficient (Wildman–Crippen LogP) is 2.27. The minimum Gasteiger partial charge on any atom is -0.395 e. The van der Waals surface area contributed by atoms with Gasteiger partial charge in [-0.15, -0.1) is 23.5 Å². The minimum atomic E-state index is 0.132. The van der Waals surface area contributed by atoms with E-state index in [9.17, 15) is 0 Å². The third-order valence-electron chi connectivity index (χ3n) is 1.72. The van der Waals surface area contributed by atoms with Gasteiger partial charge in [-0.05, 0) is 5.41 Å². The van der Waals surface area contributed by atoms with Crippen LogP contribution in [0, 0.1) is 0 Å². The molecule has 2 aliphatic rings. The molecule has 14 heavy (non-hydrogen) atoms. The maximum atomic E-state index is 9.00. The van der Waals surface area contributed by atoms with E-state index in [1.165, 1.54) is 8.47 Å². The van der Waals surface area contributed by atoms with Gasteiger partial charge < -0.3 is 10.2 Å². The highest BCUT2D eigenvalue weighted by Crippen LogP contribution is 2.54. The number of rotatable bonds is 2. The zero-order chi connectivity index (χ0) is 9.97. The predicted molar refractivity (Wildman–Crippen MR) is 68.3 cm³/mol. The average Bonchev–Trinajstić information content (AvgIpc) is 2.86. The van der Waals surface area contributed by atoms with Crippen molar-refractivity contribution in [1.29, 1.82) is 0 Å². The second kappa shape index (κ2) is 5.23. The summed E-state index contributed by atoms with van der Waals surface area (Å²) in [5.74, 6) is 0.996. The van der Waals surface area contributed by atoms with Crippen LogP contribution < -0.4 is 0 Å². The normalized spacial score (nSPS) is 32.4. The number of hydrogen-bond donors (Lipinski definition) is 2. The summed E-state index contributed by atoms with van der Waals surface area (Å²) in [5.41, 5.74) is 0. The van der Waals surface area contributed by atoms with Crippen molar-refractivity contribution < 1.29 is 10.2 Å². The van der Waals surface area contributed by atoms with E-state index in [1.807, 2.05) is 17.2 Å². The number of aliphatic hydroxyl groups is 2. The van der Waals surface area contributed by atoms with E-state index in [0.717, 1.165) is 10.7 Å². The summed E-state index contributed by atoms with van der Waals surface area (Å²) in [5, 5.41) is 20.3. The van der Waals surface area contributed by atoms with Gasteiger partial charge in [-0.1, -0.05) is 23.5 Å². The van der Waals surface area contributed by atoms with Gasteiger partial charge in [0, 0.05) is 15.9 Å². The Morgan fingerprint density at radius 3 is 2.79 bits per heavy atom. The van der Waals surface area contributed by atoms with E-state index >= 15 is 0 Å². The standard InChI is InChI=1S/C8H10O2S4/c9-1-5-3-11-7(13-5)8-12-4-6(2-10)14-8/h3,6,9-10H,1-2,4H2/b8-7+. The molecule has 1 unspecified atom stereocenters. The van der Waals surface area contributed by atoms with Gasteiger partial charge in [-0.25, -0.2) is 0 Å². The Kier molecular flexibility index (Phi) is 4.21. The molecule has 1 fully saturated rings. The first-order valence-electron chi connectivity index (χ1n) is 4.12. The van der Waals surface area contributed by atoms with Gasteiger partial charge in [0.2, 0.25) is 0 Å².